The molecule has 1 aromatic heterocycles. The first-order valence-corrected chi connectivity index (χ1v) is 6.02. The van der Waals surface area contributed by atoms with E-state index in [1.165, 1.54) is 0 Å². The van der Waals surface area contributed by atoms with Gasteiger partial charge in [-0.2, -0.15) is 5.26 Å². The summed E-state index contributed by atoms with van der Waals surface area (Å²) in [6, 6.07) is 5.83. The molecule has 0 unspecified atom stereocenters. The van der Waals surface area contributed by atoms with E-state index in [1.54, 1.807) is 16.8 Å². The van der Waals surface area contributed by atoms with Gasteiger partial charge >= 0.3 is 0 Å². The van der Waals surface area contributed by atoms with E-state index in [1.807, 2.05) is 19.9 Å². The van der Waals surface area contributed by atoms with E-state index in [-0.39, 0.29) is 11.0 Å². The maximum Gasteiger partial charge on any atom is 0.264 e. The summed E-state index contributed by atoms with van der Waals surface area (Å²) in [4.78, 5) is 11.6. The number of nitriles is 1. The number of nitrogens with zero attached hydrogens (tertiary/aromatic N) is 2. The standard InChI is InChI=1S/C12H15BrN2O/c1-12(2,9-14)6-4-8-15-7-3-5-10(13)11(15)16/h3,5,7H,4,6,8H2,1-2H3. The molecular formula is C12H15BrN2O. The van der Waals surface area contributed by atoms with Crippen molar-refractivity contribution in [1.29, 1.82) is 5.26 Å². The zero-order valence-corrected chi connectivity index (χ0v) is 11.1. The molecule has 4 heteroatoms. The van der Waals surface area contributed by atoms with Gasteiger partial charge in [0.15, 0.2) is 0 Å². The lowest BCUT2D eigenvalue weighted by Gasteiger charge is -2.14. The average Bonchev–Trinajstić information content (AvgIpc) is 2.24. The number of halogens is 1. The Balaban J connectivity index is 2.60. The molecule has 0 aliphatic carbocycles. The minimum absolute atomic E-state index is 0.0164. The van der Waals surface area contributed by atoms with Crippen molar-refractivity contribution < 1.29 is 0 Å². The van der Waals surface area contributed by atoms with E-state index in [9.17, 15) is 4.79 Å². The molecule has 0 amide bonds. The van der Waals surface area contributed by atoms with Crippen LogP contribution in [-0.4, -0.2) is 4.57 Å². The average molecular weight is 283 g/mol. The molecule has 0 fully saturated rings. The minimum Gasteiger partial charge on any atom is -0.315 e. The van der Waals surface area contributed by atoms with Crippen LogP contribution in [0.25, 0.3) is 0 Å². The smallest absolute Gasteiger partial charge is 0.264 e. The van der Waals surface area contributed by atoms with Gasteiger partial charge in [0.1, 0.15) is 0 Å². The fraction of sp³-hybridized carbons (Fsp3) is 0.500. The van der Waals surface area contributed by atoms with Crippen LogP contribution in [0.5, 0.6) is 0 Å². The fourth-order valence-corrected chi connectivity index (χ4v) is 1.81. The normalized spacial score (nSPS) is 11.1. The van der Waals surface area contributed by atoms with E-state index >= 15 is 0 Å². The number of hydrogen-bond donors (Lipinski definition) is 0. The maximum atomic E-state index is 11.6. The zero-order chi connectivity index (χ0) is 12.2. The van der Waals surface area contributed by atoms with Gasteiger partial charge in [-0.05, 0) is 54.8 Å². The van der Waals surface area contributed by atoms with Crippen LogP contribution in [0.1, 0.15) is 26.7 Å². The second kappa shape index (κ2) is 5.31. The predicted molar refractivity (Wildman–Crippen MR) is 67.0 cm³/mol. The summed E-state index contributed by atoms with van der Waals surface area (Å²) in [5.41, 5.74) is -0.326. The number of hydrogen-bond acceptors (Lipinski definition) is 2. The molecule has 0 saturated carbocycles. The molecule has 1 aromatic rings. The van der Waals surface area contributed by atoms with Crippen LogP contribution in [0.15, 0.2) is 27.6 Å². The summed E-state index contributed by atoms with van der Waals surface area (Å²) in [6.45, 7) is 4.48. The van der Waals surface area contributed by atoms with Gasteiger partial charge in [-0.15, -0.1) is 0 Å². The highest BCUT2D eigenvalue weighted by atomic mass is 79.9. The van der Waals surface area contributed by atoms with Crippen molar-refractivity contribution in [2.45, 2.75) is 33.2 Å². The SMILES string of the molecule is CC(C)(C#N)CCCn1cccc(Br)c1=O. The molecule has 0 radical (unpaired) electrons. The molecule has 0 aromatic carbocycles. The summed E-state index contributed by atoms with van der Waals surface area (Å²) in [5, 5.41) is 8.86. The van der Waals surface area contributed by atoms with Crippen LogP contribution in [0, 0.1) is 16.7 Å². The Morgan fingerprint density at radius 1 is 1.56 bits per heavy atom. The predicted octanol–water partition coefficient (Wildman–Crippen LogP) is 2.94. The Hall–Kier alpha value is -1.08. The van der Waals surface area contributed by atoms with E-state index < -0.39 is 0 Å². The summed E-state index contributed by atoms with van der Waals surface area (Å²) >= 11 is 3.21. The third kappa shape index (κ3) is 3.49. The highest BCUT2D eigenvalue weighted by molar-refractivity contribution is 9.10. The Morgan fingerprint density at radius 3 is 2.88 bits per heavy atom. The van der Waals surface area contributed by atoms with Crippen LogP contribution in [0.4, 0.5) is 0 Å². The van der Waals surface area contributed by atoms with Crippen molar-refractivity contribution in [2.75, 3.05) is 0 Å². The Morgan fingerprint density at radius 2 is 2.25 bits per heavy atom. The van der Waals surface area contributed by atoms with Gasteiger partial charge in [-0.1, -0.05) is 0 Å². The Bertz CT molecular complexity index is 457. The van der Waals surface area contributed by atoms with Crippen LogP contribution in [-0.2, 0) is 6.54 Å². The molecule has 16 heavy (non-hydrogen) atoms. The first-order valence-electron chi connectivity index (χ1n) is 5.22. The first kappa shape index (κ1) is 13.0. The van der Waals surface area contributed by atoms with Crippen LogP contribution < -0.4 is 5.56 Å². The number of aromatic nitrogens is 1. The third-order valence-corrected chi connectivity index (χ3v) is 3.08. The monoisotopic (exact) mass is 282 g/mol. The number of aryl methyl sites for hydroxylation is 1. The van der Waals surface area contributed by atoms with Gasteiger partial charge in [0.2, 0.25) is 0 Å². The quantitative estimate of drug-likeness (QED) is 0.852. The van der Waals surface area contributed by atoms with Crippen molar-refractivity contribution in [2.24, 2.45) is 5.41 Å². The van der Waals surface area contributed by atoms with Gasteiger partial charge in [0.05, 0.1) is 16.0 Å². The molecule has 1 rings (SSSR count). The van der Waals surface area contributed by atoms with Gasteiger partial charge in [-0.3, -0.25) is 4.79 Å². The lowest BCUT2D eigenvalue weighted by Crippen LogP contribution is -2.20. The van der Waals surface area contributed by atoms with Crippen molar-refractivity contribution in [3.8, 4) is 6.07 Å². The van der Waals surface area contributed by atoms with E-state index in [0.29, 0.717) is 11.0 Å². The van der Waals surface area contributed by atoms with Gasteiger partial charge < -0.3 is 4.57 Å². The first-order chi connectivity index (χ1) is 7.46. The lowest BCUT2D eigenvalue weighted by atomic mass is 9.90. The Labute approximate surface area is 104 Å². The summed E-state index contributed by atoms with van der Waals surface area (Å²) in [5.74, 6) is 0. The van der Waals surface area contributed by atoms with Gasteiger partial charge in [0.25, 0.3) is 5.56 Å². The fourth-order valence-electron chi connectivity index (χ4n) is 1.43. The van der Waals surface area contributed by atoms with Crippen molar-refractivity contribution in [3.05, 3.63) is 33.2 Å². The van der Waals surface area contributed by atoms with Crippen molar-refractivity contribution in [1.82, 2.24) is 4.57 Å². The molecule has 0 spiro atoms. The van der Waals surface area contributed by atoms with E-state index in [2.05, 4.69) is 22.0 Å². The molecule has 0 bridgehead atoms. The zero-order valence-electron chi connectivity index (χ0n) is 9.53. The highest BCUT2D eigenvalue weighted by Gasteiger charge is 2.15. The maximum absolute atomic E-state index is 11.6. The molecule has 1 heterocycles. The third-order valence-electron chi connectivity index (χ3n) is 2.48. The summed E-state index contributed by atoms with van der Waals surface area (Å²) < 4.78 is 2.24. The highest BCUT2D eigenvalue weighted by Crippen LogP contribution is 2.20. The van der Waals surface area contributed by atoms with Crippen LogP contribution in [0.2, 0.25) is 0 Å². The molecule has 0 atom stereocenters. The molecule has 0 saturated heterocycles. The number of rotatable bonds is 4. The van der Waals surface area contributed by atoms with Crippen molar-refractivity contribution >= 4 is 15.9 Å². The van der Waals surface area contributed by atoms with E-state index in [4.69, 9.17) is 5.26 Å². The molecule has 0 aliphatic rings. The molecule has 0 N–H and O–H groups in total. The summed E-state index contributed by atoms with van der Waals surface area (Å²) in [6.07, 6.45) is 3.39. The van der Waals surface area contributed by atoms with Crippen LogP contribution in [0.3, 0.4) is 0 Å². The largest absolute Gasteiger partial charge is 0.315 e. The Kier molecular flexibility index (Phi) is 4.31. The second-order valence-corrected chi connectivity index (χ2v) is 5.31. The molecule has 86 valence electrons. The minimum atomic E-state index is -0.310. The number of pyridine rings is 1. The molecule has 3 nitrogen and oxygen atoms in total. The molecular weight excluding hydrogens is 268 g/mol. The van der Waals surface area contributed by atoms with Crippen molar-refractivity contribution in [3.63, 3.8) is 0 Å². The van der Waals surface area contributed by atoms with Gasteiger partial charge in [0, 0.05) is 12.7 Å². The lowest BCUT2D eigenvalue weighted by molar-refractivity contribution is 0.413. The topological polar surface area (TPSA) is 45.8 Å². The molecule has 0 aliphatic heterocycles. The van der Waals surface area contributed by atoms with Crippen LogP contribution >= 0.6 is 15.9 Å². The van der Waals surface area contributed by atoms with E-state index in [0.717, 1.165) is 12.8 Å². The summed E-state index contributed by atoms with van der Waals surface area (Å²) in [7, 11) is 0. The van der Waals surface area contributed by atoms with Gasteiger partial charge in [-0.25, -0.2) is 0 Å². The second-order valence-electron chi connectivity index (χ2n) is 4.45.